The number of nitrogens with zero attached hydrogens (tertiary/aromatic N) is 1. The van der Waals surface area contributed by atoms with E-state index in [0.717, 1.165) is 0 Å². The molecule has 0 saturated carbocycles. The van der Waals surface area contributed by atoms with Crippen molar-refractivity contribution < 1.29 is 0 Å². The van der Waals surface area contributed by atoms with E-state index in [4.69, 9.17) is 5.73 Å². The summed E-state index contributed by atoms with van der Waals surface area (Å²) in [5, 5.41) is 3.30. The molecule has 3 heteroatoms. The van der Waals surface area contributed by atoms with Gasteiger partial charge in [-0.25, -0.2) is 0 Å². The van der Waals surface area contributed by atoms with E-state index in [0.29, 0.717) is 6.54 Å². The third-order valence-electron chi connectivity index (χ3n) is 3.89. The van der Waals surface area contributed by atoms with E-state index in [9.17, 15) is 0 Å². The van der Waals surface area contributed by atoms with Crippen molar-refractivity contribution in [3.63, 3.8) is 0 Å². The molecular formula is C16H21N3. The number of nitrogens with two attached hydrogens (primary N) is 1. The third-order valence-corrected chi connectivity index (χ3v) is 3.89. The number of anilines is 1. The van der Waals surface area contributed by atoms with Gasteiger partial charge in [-0.05, 0) is 36.1 Å². The number of dihydropyridines is 1. The Balaban J connectivity index is 1.72. The normalized spacial score (nSPS) is 22.3. The number of allylic oxidation sites excluding steroid dienone is 2. The Morgan fingerprint density at radius 3 is 2.47 bits per heavy atom. The lowest BCUT2D eigenvalue weighted by Gasteiger charge is -2.19. The molecule has 0 aliphatic carbocycles. The Hall–Kier alpha value is -1.74. The van der Waals surface area contributed by atoms with Crippen LogP contribution >= 0.6 is 0 Å². The quantitative estimate of drug-likeness (QED) is 0.869. The predicted molar refractivity (Wildman–Crippen MR) is 81.0 cm³/mol. The van der Waals surface area contributed by atoms with E-state index in [1.807, 2.05) is 0 Å². The minimum Gasteiger partial charge on any atom is -0.383 e. The Bertz CT molecular complexity index is 481. The zero-order valence-electron chi connectivity index (χ0n) is 11.2. The maximum Gasteiger partial charge on any atom is 0.0564 e. The Morgan fingerprint density at radius 2 is 1.89 bits per heavy atom. The first-order valence-corrected chi connectivity index (χ1v) is 7.07. The average molecular weight is 255 g/mol. The van der Waals surface area contributed by atoms with Crippen molar-refractivity contribution in [2.75, 3.05) is 24.5 Å². The highest BCUT2D eigenvalue weighted by atomic mass is 15.1. The summed E-state index contributed by atoms with van der Waals surface area (Å²) in [6.45, 7) is 3.03. The minimum atomic E-state index is 0.271. The first kappa shape index (κ1) is 12.3. The first-order valence-electron chi connectivity index (χ1n) is 7.07. The number of benzene rings is 1. The molecule has 2 aliphatic heterocycles. The number of hydrogen-bond donors (Lipinski definition) is 2. The molecule has 1 aromatic rings. The molecule has 1 atom stereocenters. The lowest BCUT2D eigenvalue weighted by molar-refractivity contribution is 0.704. The molecule has 100 valence electrons. The molecule has 0 bridgehead atoms. The molecule has 1 fully saturated rings. The molecular weight excluding hydrogens is 234 g/mol. The second-order valence-electron chi connectivity index (χ2n) is 5.21. The van der Waals surface area contributed by atoms with Gasteiger partial charge in [0.25, 0.3) is 0 Å². The highest BCUT2D eigenvalue weighted by molar-refractivity contribution is 5.75. The molecule has 3 nitrogen and oxygen atoms in total. The van der Waals surface area contributed by atoms with Gasteiger partial charge in [-0.1, -0.05) is 24.3 Å². The number of nitrogens with one attached hydrogen (secondary N) is 1. The van der Waals surface area contributed by atoms with Crippen LogP contribution in [0.4, 0.5) is 5.69 Å². The predicted octanol–water partition coefficient (Wildman–Crippen LogP) is 2.11. The Morgan fingerprint density at radius 1 is 1.16 bits per heavy atom. The Kier molecular flexibility index (Phi) is 3.56. The second kappa shape index (κ2) is 5.49. The molecule has 19 heavy (non-hydrogen) atoms. The monoisotopic (exact) mass is 255 g/mol. The van der Waals surface area contributed by atoms with Crippen LogP contribution < -0.4 is 16.0 Å². The molecule has 0 amide bonds. The fraction of sp³-hybridized carbons (Fsp3) is 0.375. The number of hydrogen-bond acceptors (Lipinski definition) is 3. The van der Waals surface area contributed by atoms with E-state index < -0.39 is 0 Å². The minimum absolute atomic E-state index is 0.271. The van der Waals surface area contributed by atoms with Crippen molar-refractivity contribution in [2.24, 2.45) is 5.73 Å². The topological polar surface area (TPSA) is 41.3 Å². The summed E-state index contributed by atoms with van der Waals surface area (Å²) in [6.07, 6.45) is 8.98. The zero-order valence-corrected chi connectivity index (χ0v) is 11.2. The van der Waals surface area contributed by atoms with Gasteiger partial charge in [0.1, 0.15) is 0 Å². The molecule has 3 N–H and O–H groups in total. The van der Waals surface area contributed by atoms with Gasteiger partial charge in [0, 0.05) is 31.5 Å². The SMILES string of the molecule is NCC1C=CC(c2ccc(N3CCCC3)cc2)=CN1. The molecule has 1 aromatic carbocycles. The van der Waals surface area contributed by atoms with Crippen molar-refractivity contribution >= 4 is 11.3 Å². The largest absolute Gasteiger partial charge is 0.383 e. The first-order chi connectivity index (χ1) is 9.36. The molecule has 0 aromatic heterocycles. The van der Waals surface area contributed by atoms with Crippen LogP contribution in [-0.4, -0.2) is 25.7 Å². The van der Waals surface area contributed by atoms with Gasteiger partial charge in [-0.3, -0.25) is 0 Å². The summed E-state index contributed by atoms with van der Waals surface area (Å²) in [6, 6.07) is 9.13. The lowest BCUT2D eigenvalue weighted by Crippen LogP contribution is -2.32. The summed E-state index contributed by atoms with van der Waals surface area (Å²) in [5.74, 6) is 0. The maximum absolute atomic E-state index is 5.63. The van der Waals surface area contributed by atoms with Crippen LogP contribution in [0.1, 0.15) is 18.4 Å². The van der Waals surface area contributed by atoms with Gasteiger partial charge in [0.15, 0.2) is 0 Å². The molecule has 0 spiro atoms. The molecule has 2 heterocycles. The summed E-state index contributed by atoms with van der Waals surface area (Å²) in [7, 11) is 0. The summed E-state index contributed by atoms with van der Waals surface area (Å²) in [5.41, 5.74) is 9.44. The number of rotatable bonds is 3. The van der Waals surface area contributed by atoms with Gasteiger partial charge < -0.3 is 16.0 Å². The molecule has 0 radical (unpaired) electrons. The molecule has 3 rings (SSSR count). The van der Waals surface area contributed by atoms with Crippen LogP contribution in [-0.2, 0) is 0 Å². The van der Waals surface area contributed by atoms with Gasteiger partial charge in [-0.15, -0.1) is 0 Å². The lowest BCUT2D eigenvalue weighted by atomic mass is 10.0. The molecule has 2 aliphatic rings. The second-order valence-corrected chi connectivity index (χ2v) is 5.21. The van der Waals surface area contributed by atoms with Crippen molar-refractivity contribution in [2.45, 2.75) is 18.9 Å². The van der Waals surface area contributed by atoms with Crippen molar-refractivity contribution in [3.8, 4) is 0 Å². The third kappa shape index (κ3) is 2.66. The van der Waals surface area contributed by atoms with Gasteiger partial charge >= 0.3 is 0 Å². The summed E-state index contributed by atoms with van der Waals surface area (Å²) >= 11 is 0. The van der Waals surface area contributed by atoms with Crippen molar-refractivity contribution in [1.29, 1.82) is 0 Å². The van der Waals surface area contributed by atoms with E-state index >= 15 is 0 Å². The fourth-order valence-corrected chi connectivity index (χ4v) is 2.69. The van der Waals surface area contributed by atoms with Crippen LogP contribution in [0.3, 0.4) is 0 Å². The van der Waals surface area contributed by atoms with E-state index in [2.05, 4.69) is 52.8 Å². The van der Waals surface area contributed by atoms with Crippen LogP contribution in [0.5, 0.6) is 0 Å². The molecule has 1 unspecified atom stereocenters. The van der Waals surface area contributed by atoms with Gasteiger partial charge in [0.05, 0.1) is 6.04 Å². The van der Waals surface area contributed by atoms with Crippen LogP contribution in [0.15, 0.2) is 42.6 Å². The highest BCUT2D eigenvalue weighted by Crippen LogP contribution is 2.24. The van der Waals surface area contributed by atoms with E-state index in [1.165, 1.54) is 42.8 Å². The average Bonchev–Trinajstić information content (AvgIpc) is 3.02. The summed E-state index contributed by atoms with van der Waals surface area (Å²) in [4.78, 5) is 2.46. The standard InChI is InChI=1S/C16H21N3/c17-11-15-6-3-14(12-18-15)13-4-7-16(8-5-13)19-9-1-2-10-19/h3-8,12,15,18H,1-2,9-11,17H2. The zero-order chi connectivity index (χ0) is 13.1. The summed E-state index contributed by atoms with van der Waals surface area (Å²) < 4.78 is 0. The maximum atomic E-state index is 5.63. The smallest absolute Gasteiger partial charge is 0.0564 e. The van der Waals surface area contributed by atoms with E-state index in [1.54, 1.807) is 0 Å². The van der Waals surface area contributed by atoms with Crippen molar-refractivity contribution in [3.05, 3.63) is 48.2 Å². The fourth-order valence-electron chi connectivity index (χ4n) is 2.69. The Labute approximate surface area is 114 Å². The highest BCUT2D eigenvalue weighted by Gasteiger charge is 2.12. The van der Waals surface area contributed by atoms with Crippen molar-refractivity contribution in [1.82, 2.24) is 5.32 Å². The van der Waals surface area contributed by atoms with Crippen LogP contribution in [0.2, 0.25) is 0 Å². The van der Waals surface area contributed by atoms with Gasteiger partial charge in [0.2, 0.25) is 0 Å². The van der Waals surface area contributed by atoms with Gasteiger partial charge in [-0.2, -0.15) is 0 Å². The van der Waals surface area contributed by atoms with E-state index in [-0.39, 0.29) is 6.04 Å². The van der Waals surface area contributed by atoms with Crippen LogP contribution in [0, 0.1) is 0 Å². The van der Waals surface area contributed by atoms with Crippen LogP contribution in [0.25, 0.3) is 5.57 Å². The molecule has 1 saturated heterocycles.